The molecule has 1 saturated carbocycles. The second-order valence-corrected chi connectivity index (χ2v) is 6.97. The van der Waals surface area contributed by atoms with Crippen molar-refractivity contribution < 1.29 is 9.53 Å². The van der Waals surface area contributed by atoms with E-state index >= 15 is 0 Å². The van der Waals surface area contributed by atoms with Crippen molar-refractivity contribution in [3.63, 3.8) is 0 Å². The topological polar surface area (TPSA) is 41.6 Å². The van der Waals surface area contributed by atoms with E-state index in [2.05, 4.69) is 31.0 Å². The highest BCUT2D eigenvalue weighted by molar-refractivity contribution is 5.80. The van der Waals surface area contributed by atoms with Gasteiger partial charge >= 0.3 is 5.97 Å². The van der Waals surface area contributed by atoms with Crippen LogP contribution >= 0.6 is 0 Å². The molecule has 0 saturated heterocycles. The van der Waals surface area contributed by atoms with Crippen LogP contribution in [-0.4, -0.2) is 49.2 Å². The van der Waals surface area contributed by atoms with Crippen molar-refractivity contribution in [3.8, 4) is 0 Å². The first-order chi connectivity index (χ1) is 9.91. The number of rotatable bonds is 11. The average molecular weight is 298 g/mol. The second-order valence-electron chi connectivity index (χ2n) is 6.97. The Hall–Kier alpha value is -0.610. The quantitative estimate of drug-likeness (QED) is 0.596. The Morgan fingerprint density at radius 1 is 1.38 bits per heavy atom. The van der Waals surface area contributed by atoms with Crippen molar-refractivity contribution in [1.82, 2.24) is 10.2 Å². The Morgan fingerprint density at radius 2 is 2.05 bits per heavy atom. The molecule has 0 aliphatic heterocycles. The van der Waals surface area contributed by atoms with Gasteiger partial charge in [-0.05, 0) is 71.9 Å². The van der Waals surface area contributed by atoms with Crippen molar-refractivity contribution in [2.75, 3.05) is 26.7 Å². The molecule has 4 nitrogen and oxygen atoms in total. The van der Waals surface area contributed by atoms with Crippen LogP contribution in [0.4, 0.5) is 0 Å². The van der Waals surface area contributed by atoms with Crippen molar-refractivity contribution in [2.24, 2.45) is 5.92 Å². The Labute approximate surface area is 130 Å². The van der Waals surface area contributed by atoms with Gasteiger partial charge in [-0.1, -0.05) is 6.92 Å². The summed E-state index contributed by atoms with van der Waals surface area (Å²) in [5.41, 5.74) is -0.569. The van der Waals surface area contributed by atoms with Gasteiger partial charge in [-0.3, -0.25) is 10.1 Å². The molecule has 1 aliphatic carbocycles. The predicted octanol–water partition coefficient (Wildman–Crippen LogP) is 2.82. The first kappa shape index (κ1) is 18.4. The molecule has 0 aromatic carbocycles. The predicted molar refractivity (Wildman–Crippen MR) is 87.4 cm³/mol. The minimum absolute atomic E-state index is 0.152. The van der Waals surface area contributed by atoms with Crippen LogP contribution in [0.2, 0.25) is 0 Å². The van der Waals surface area contributed by atoms with E-state index in [0.29, 0.717) is 0 Å². The molecule has 0 amide bonds. The third kappa shape index (κ3) is 6.79. The number of carbonyl (C=O) groups is 1. The van der Waals surface area contributed by atoms with E-state index in [1.54, 1.807) is 0 Å². The zero-order valence-corrected chi connectivity index (χ0v) is 14.6. The minimum atomic E-state index is -0.569. The van der Waals surface area contributed by atoms with Crippen molar-refractivity contribution in [2.45, 2.75) is 71.4 Å². The van der Waals surface area contributed by atoms with Crippen LogP contribution in [0.1, 0.15) is 59.8 Å². The van der Waals surface area contributed by atoms with Gasteiger partial charge in [-0.25, -0.2) is 0 Å². The lowest BCUT2D eigenvalue weighted by atomic mass is 9.94. The number of hydrogen-bond acceptors (Lipinski definition) is 4. The molecule has 4 heteroatoms. The summed E-state index contributed by atoms with van der Waals surface area (Å²) in [6.07, 6.45) is 5.84. The lowest BCUT2D eigenvalue weighted by molar-refractivity contribution is -0.148. The summed E-state index contributed by atoms with van der Waals surface area (Å²) < 4.78 is 4.98. The van der Waals surface area contributed by atoms with Gasteiger partial charge < -0.3 is 9.64 Å². The highest BCUT2D eigenvalue weighted by Gasteiger charge is 2.34. The summed E-state index contributed by atoms with van der Waals surface area (Å²) in [6.45, 7) is 11.8. The molecule has 0 radical (unpaired) electrons. The summed E-state index contributed by atoms with van der Waals surface area (Å²) in [7, 11) is 1.47. The first-order valence-electron chi connectivity index (χ1n) is 8.49. The van der Waals surface area contributed by atoms with Crippen molar-refractivity contribution in [3.05, 3.63) is 0 Å². The number of nitrogens with one attached hydrogen (secondary N) is 1. The number of ether oxygens (including phenoxy) is 1. The molecule has 1 unspecified atom stereocenters. The van der Waals surface area contributed by atoms with Gasteiger partial charge in [-0.2, -0.15) is 0 Å². The van der Waals surface area contributed by atoms with E-state index < -0.39 is 5.54 Å². The maximum atomic E-state index is 12.1. The number of nitrogens with zero attached hydrogens (tertiary/aromatic N) is 1. The normalized spacial score (nSPS) is 18.0. The van der Waals surface area contributed by atoms with E-state index in [9.17, 15) is 4.79 Å². The molecule has 124 valence electrons. The maximum Gasteiger partial charge on any atom is 0.325 e. The van der Waals surface area contributed by atoms with E-state index in [1.165, 1.54) is 39.5 Å². The van der Waals surface area contributed by atoms with Gasteiger partial charge in [0.15, 0.2) is 0 Å². The van der Waals surface area contributed by atoms with E-state index in [1.807, 2.05) is 6.92 Å². The molecule has 0 bridgehead atoms. The zero-order valence-electron chi connectivity index (χ0n) is 14.6. The summed E-state index contributed by atoms with van der Waals surface area (Å²) in [5, 5.41) is 3.37. The molecular formula is C17H34N2O2. The van der Waals surface area contributed by atoms with Crippen LogP contribution in [-0.2, 0) is 9.53 Å². The molecule has 1 aliphatic rings. The fourth-order valence-electron chi connectivity index (χ4n) is 3.03. The highest BCUT2D eigenvalue weighted by atomic mass is 16.5. The molecule has 0 aromatic heterocycles. The maximum absolute atomic E-state index is 12.1. The van der Waals surface area contributed by atoms with Gasteiger partial charge in [-0.15, -0.1) is 0 Å². The van der Waals surface area contributed by atoms with Gasteiger partial charge in [0.05, 0.1) is 7.11 Å². The van der Waals surface area contributed by atoms with Crippen LogP contribution in [0.5, 0.6) is 0 Å². The Kier molecular flexibility index (Phi) is 7.67. The van der Waals surface area contributed by atoms with Crippen LogP contribution in [0, 0.1) is 5.92 Å². The second kappa shape index (κ2) is 8.74. The number of hydrogen-bond donors (Lipinski definition) is 1. The van der Waals surface area contributed by atoms with Gasteiger partial charge in [0.1, 0.15) is 5.54 Å². The highest BCUT2D eigenvalue weighted by Crippen LogP contribution is 2.30. The lowest BCUT2D eigenvalue weighted by Crippen LogP contribution is -2.53. The van der Waals surface area contributed by atoms with Gasteiger partial charge in [0, 0.05) is 12.6 Å². The smallest absolute Gasteiger partial charge is 0.325 e. The van der Waals surface area contributed by atoms with E-state index in [4.69, 9.17) is 4.74 Å². The first-order valence-corrected chi connectivity index (χ1v) is 8.49. The van der Waals surface area contributed by atoms with Crippen LogP contribution in [0.25, 0.3) is 0 Å². The largest absolute Gasteiger partial charge is 0.468 e. The van der Waals surface area contributed by atoms with Crippen LogP contribution in [0.15, 0.2) is 0 Å². The van der Waals surface area contributed by atoms with E-state index in [0.717, 1.165) is 25.3 Å². The van der Waals surface area contributed by atoms with Crippen molar-refractivity contribution in [1.29, 1.82) is 0 Å². The molecule has 1 rings (SSSR count). The lowest BCUT2D eigenvalue weighted by Gasteiger charge is -2.31. The number of methoxy groups -OCH3 is 1. The van der Waals surface area contributed by atoms with Gasteiger partial charge in [0.2, 0.25) is 0 Å². The summed E-state index contributed by atoms with van der Waals surface area (Å²) >= 11 is 0. The molecule has 21 heavy (non-hydrogen) atoms. The summed E-state index contributed by atoms with van der Waals surface area (Å²) in [6, 6.07) is 0.271. The molecule has 1 N–H and O–H groups in total. The Bertz CT molecular complexity index is 316. The molecule has 0 aromatic rings. The van der Waals surface area contributed by atoms with Crippen molar-refractivity contribution >= 4 is 5.97 Å². The standard InChI is InChI=1S/C17H34N2O2/c1-6-11-19(13-15-8-9-15)12-7-10-17(4,16(20)21-5)18-14(2)3/h14-15,18H,6-13H2,1-5H3. The van der Waals surface area contributed by atoms with E-state index in [-0.39, 0.29) is 12.0 Å². The van der Waals surface area contributed by atoms with Crippen LogP contribution in [0.3, 0.4) is 0 Å². The fraction of sp³-hybridized carbons (Fsp3) is 0.941. The summed E-state index contributed by atoms with van der Waals surface area (Å²) in [5.74, 6) is 0.776. The summed E-state index contributed by atoms with van der Waals surface area (Å²) in [4.78, 5) is 14.6. The minimum Gasteiger partial charge on any atom is -0.468 e. The Balaban J connectivity index is 2.44. The Morgan fingerprint density at radius 3 is 2.52 bits per heavy atom. The van der Waals surface area contributed by atoms with Crippen LogP contribution < -0.4 is 5.32 Å². The zero-order chi connectivity index (χ0) is 15.9. The monoisotopic (exact) mass is 298 g/mol. The molecule has 1 fully saturated rings. The molecular weight excluding hydrogens is 264 g/mol. The molecule has 1 atom stereocenters. The molecule has 0 heterocycles. The third-order valence-corrected chi connectivity index (χ3v) is 4.15. The fourth-order valence-corrected chi connectivity index (χ4v) is 3.03. The number of esters is 1. The average Bonchev–Trinajstić information content (AvgIpc) is 3.21. The van der Waals surface area contributed by atoms with Gasteiger partial charge in [0.25, 0.3) is 0 Å². The SMILES string of the molecule is CCCN(CCCC(C)(NC(C)C)C(=O)OC)CC1CC1. The molecule has 0 spiro atoms. The number of carbonyl (C=O) groups excluding carboxylic acids is 1. The third-order valence-electron chi connectivity index (χ3n) is 4.15.